The van der Waals surface area contributed by atoms with Crippen LogP contribution in [0.3, 0.4) is 0 Å². The average Bonchev–Trinajstić information content (AvgIpc) is 2.61. The zero-order valence-electron chi connectivity index (χ0n) is 8.22. The van der Waals surface area contributed by atoms with Crippen LogP contribution in [0.25, 0.3) is 0 Å². The second-order valence-electron chi connectivity index (χ2n) is 2.25. The molecule has 0 aliphatic carbocycles. The molecule has 3 nitrogen and oxygen atoms in total. The van der Waals surface area contributed by atoms with Gasteiger partial charge in [-0.3, -0.25) is 5.10 Å². The van der Waals surface area contributed by atoms with Gasteiger partial charge in [-0.05, 0) is 12.5 Å². The fourth-order valence-corrected chi connectivity index (χ4v) is 0.754. The third kappa shape index (κ3) is 4.77. The molecule has 0 radical (unpaired) electrons. The number of hydrogen-bond donors (Lipinski definition) is 2. The number of rotatable bonds is 4. The van der Waals surface area contributed by atoms with E-state index in [0.29, 0.717) is 0 Å². The lowest BCUT2D eigenvalue weighted by Gasteiger charge is -1.99. The summed E-state index contributed by atoms with van der Waals surface area (Å²) in [7, 11) is 0. The number of unbranched alkanes of at least 4 members (excludes halogenated alkanes) is 1. The summed E-state index contributed by atoms with van der Waals surface area (Å²) in [5.74, 6) is 1.01. The fourth-order valence-electron chi connectivity index (χ4n) is 0.754. The third-order valence-electron chi connectivity index (χ3n) is 1.35. The number of aromatic nitrogens is 2. The summed E-state index contributed by atoms with van der Waals surface area (Å²) in [5, 5.41) is 9.86. The molecule has 0 saturated heterocycles. The zero-order chi connectivity index (χ0) is 9.23. The highest BCUT2D eigenvalue weighted by atomic mass is 15.2. The van der Waals surface area contributed by atoms with E-state index in [-0.39, 0.29) is 1.43 Å². The lowest BCUT2D eigenvalue weighted by molar-refractivity contribution is 0.830. The van der Waals surface area contributed by atoms with Gasteiger partial charge in [0.05, 0.1) is 6.20 Å². The van der Waals surface area contributed by atoms with Crippen molar-refractivity contribution in [1.82, 2.24) is 10.2 Å². The molecule has 0 bridgehead atoms. The van der Waals surface area contributed by atoms with Gasteiger partial charge in [0.15, 0.2) is 0 Å². The van der Waals surface area contributed by atoms with Crippen LogP contribution in [0.15, 0.2) is 12.3 Å². The van der Waals surface area contributed by atoms with E-state index in [1.807, 2.05) is 19.9 Å². The number of anilines is 1. The van der Waals surface area contributed by atoms with Gasteiger partial charge in [-0.2, -0.15) is 5.10 Å². The Bertz CT molecular complexity index is 163. The van der Waals surface area contributed by atoms with Crippen molar-refractivity contribution < 1.29 is 1.43 Å². The van der Waals surface area contributed by atoms with E-state index >= 15 is 0 Å². The second kappa shape index (κ2) is 8.11. The van der Waals surface area contributed by atoms with Crippen molar-refractivity contribution in [2.45, 2.75) is 33.6 Å². The maximum atomic E-state index is 3.81. The normalized spacial score (nSPS) is 8.58. The van der Waals surface area contributed by atoms with Crippen molar-refractivity contribution in [3.63, 3.8) is 0 Å². The number of hydrogen-bond acceptors (Lipinski definition) is 2. The predicted molar refractivity (Wildman–Crippen MR) is 55.4 cm³/mol. The van der Waals surface area contributed by atoms with Crippen molar-refractivity contribution in [2.24, 2.45) is 0 Å². The number of H-pyrrole nitrogens is 1. The molecule has 3 heteroatoms. The maximum Gasteiger partial charge on any atom is 0.121 e. The third-order valence-corrected chi connectivity index (χ3v) is 1.35. The van der Waals surface area contributed by atoms with E-state index in [1.54, 1.807) is 6.20 Å². The smallest absolute Gasteiger partial charge is 0.121 e. The lowest BCUT2D eigenvalue weighted by atomic mass is 10.3. The van der Waals surface area contributed by atoms with Crippen molar-refractivity contribution in [1.29, 1.82) is 0 Å². The molecule has 0 atom stereocenters. The number of aromatic amines is 1. The van der Waals surface area contributed by atoms with Crippen LogP contribution in [0.2, 0.25) is 0 Å². The van der Waals surface area contributed by atoms with Crippen LogP contribution >= 0.6 is 0 Å². The molecule has 72 valence electrons. The van der Waals surface area contributed by atoms with Crippen LogP contribution in [0.1, 0.15) is 35.0 Å². The maximum absolute atomic E-state index is 3.81. The molecule has 1 rings (SSSR count). The van der Waals surface area contributed by atoms with Crippen LogP contribution in [0.4, 0.5) is 5.82 Å². The van der Waals surface area contributed by atoms with Gasteiger partial charge in [0.1, 0.15) is 5.82 Å². The first-order valence-corrected chi connectivity index (χ1v) is 4.66. The lowest BCUT2D eigenvalue weighted by Crippen LogP contribution is -2.00. The Morgan fingerprint density at radius 1 is 1.58 bits per heavy atom. The standard InChI is InChI=1S/C7H13N3.C2H6.H2/c1-2-3-5-8-7-4-6-9-10-7;1-2;/h4,6H,2-3,5H2,1H3,(H2,8,9,10);1-2H3;1H. The number of nitrogens with one attached hydrogen (secondary N) is 2. The Morgan fingerprint density at radius 2 is 2.33 bits per heavy atom. The summed E-state index contributed by atoms with van der Waals surface area (Å²) in [6.07, 6.45) is 4.18. The minimum Gasteiger partial charge on any atom is -0.370 e. The molecular weight excluding hydrogens is 150 g/mol. The average molecular weight is 171 g/mol. The van der Waals surface area contributed by atoms with Gasteiger partial charge >= 0.3 is 0 Å². The minimum atomic E-state index is 0. The predicted octanol–water partition coefficient (Wildman–Crippen LogP) is 2.89. The van der Waals surface area contributed by atoms with E-state index in [1.165, 1.54) is 12.8 Å². The molecule has 1 aromatic heterocycles. The van der Waals surface area contributed by atoms with E-state index < -0.39 is 0 Å². The molecule has 12 heavy (non-hydrogen) atoms. The van der Waals surface area contributed by atoms with E-state index in [0.717, 1.165) is 12.4 Å². The molecule has 0 unspecified atom stereocenters. The Hall–Kier alpha value is -0.990. The van der Waals surface area contributed by atoms with Crippen molar-refractivity contribution >= 4 is 5.82 Å². The highest BCUT2D eigenvalue weighted by Gasteiger charge is 1.88. The second-order valence-corrected chi connectivity index (χ2v) is 2.25. The fraction of sp³-hybridized carbons (Fsp3) is 0.667. The summed E-state index contributed by atoms with van der Waals surface area (Å²) >= 11 is 0. The number of nitrogens with zero attached hydrogens (tertiary/aromatic N) is 1. The Kier molecular flexibility index (Phi) is 7.44. The Balaban J connectivity index is 0. The minimum absolute atomic E-state index is 0. The molecule has 0 aliphatic rings. The van der Waals surface area contributed by atoms with Gasteiger partial charge in [-0.25, -0.2) is 0 Å². The molecular formula is C9H21N3. The van der Waals surface area contributed by atoms with Crippen molar-refractivity contribution in [3.8, 4) is 0 Å². The van der Waals surface area contributed by atoms with E-state index in [4.69, 9.17) is 0 Å². The van der Waals surface area contributed by atoms with Gasteiger partial charge in [0, 0.05) is 7.97 Å². The summed E-state index contributed by atoms with van der Waals surface area (Å²) in [6.45, 7) is 7.20. The first-order chi connectivity index (χ1) is 5.93. The Morgan fingerprint density at radius 3 is 2.83 bits per heavy atom. The molecule has 0 spiro atoms. The molecule has 1 aromatic rings. The molecule has 0 aromatic carbocycles. The summed E-state index contributed by atoms with van der Waals surface area (Å²) in [5.41, 5.74) is 0. The van der Waals surface area contributed by atoms with Crippen LogP contribution in [0.5, 0.6) is 0 Å². The first kappa shape index (κ1) is 11.0. The van der Waals surface area contributed by atoms with Gasteiger partial charge in [-0.15, -0.1) is 0 Å². The van der Waals surface area contributed by atoms with Crippen molar-refractivity contribution in [2.75, 3.05) is 11.9 Å². The highest BCUT2D eigenvalue weighted by Crippen LogP contribution is 1.98. The van der Waals surface area contributed by atoms with Crippen LogP contribution in [-0.4, -0.2) is 16.7 Å². The highest BCUT2D eigenvalue weighted by molar-refractivity contribution is 5.31. The largest absolute Gasteiger partial charge is 0.370 e. The topological polar surface area (TPSA) is 40.7 Å². The molecule has 1 heterocycles. The van der Waals surface area contributed by atoms with Crippen LogP contribution in [-0.2, 0) is 0 Å². The quantitative estimate of drug-likeness (QED) is 0.684. The summed E-state index contributed by atoms with van der Waals surface area (Å²) < 4.78 is 0. The van der Waals surface area contributed by atoms with Gasteiger partial charge in [-0.1, -0.05) is 27.2 Å². The van der Waals surface area contributed by atoms with Gasteiger partial charge < -0.3 is 5.32 Å². The SMILES string of the molecule is CC.CCCCNc1ccn[nH]1.[HH]. The molecule has 2 N–H and O–H groups in total. The van der Waals surface area contributed by atoms with Crippen LogP contribution in [0, 0.1) is 0 Å². The molecule has 0 aliphatic heterocycles. The molecule has 0 amide bonds. The molecule has 0 fully saturated rings. The zero-order valence-corrected chi connectivity index (χ0v) is 8.22. The van der Waals surface area contributed by atoms with E-state index in [9.17, 15) is 0 Å². The Labute approximate surface area is 76.1 Å². The van der Waals surface area contributed by atoms with Crippen LogP contribution < -0.4 is 5.32 Å². The summed E-state index contributed by atoms with van der Waals surface area (Å²) in [6, 6.07) is 1.93. The van der Waals surface area contributed by atoms with Crippen molar-refractivity contribution in [3.05, 3.63) is 12.3 Å². The monoisotopic (exact) mass is 171 g/mol. The first-order valence-electron chi connectivity index (χ1n) is 4.66. The van der Waals surface area contributed by atoms with E-state index in [2.05, 4.69) is 22.4 Å². The van der Waals surface area contributed by atoms with Gasteiger partial charge in [0.2, 0.25) is 0 Å². The van der Waals surface area contributed by atoms with Gasteiger partial charge in [0.25, 0.3) is 0 Å². The molecule has 0 saturated carbocycles. The summed E-state index contributed by atoms with van der Waals surface area (Å²) in [4.78, 5) is 0.